The molecule has 0 spiro atoms. The second-order valence-electron chi connectivity index (χ2n) is 5.76. The van der Waals surface area contributed by atoms with E-state index in [1.807, 2.05) is 19.1 Å². The average Bonchev–Trinajstić information content (AvgIpc) is 2.75. The number of likely N-dealkylation sites (tertiary alicyclic amines) is 1. The lowest BCUT2D eigenvalue weighted by Gasteiger charge is -2.17. The summed E-state index contributed by atoms with van der Waals surface area (Å²) < 4.78 is 22.4. The number of halogens is 1. The van der Waals surface area contributed by atoms with Crippen molar-refractivity contribution >= 4 is 27.7 Å². The van der Waals surface area contributed by atoms with Gasteiger partial charge in [0.05, 0.1) is 5.75 Å². The predicted octanol–water partition coefficient (Wildman–Crippen LogP) is 1.41. The van der Waals surface area contributed by atoms with Crippen molar-refractivity contribution < 1.29 is 13.2 Å². The summed E-state index contributed by atoms with van der Waals surface area (Å²) in [6.07, 6.45) is 0. The molecular formula is C14H20ClN3O3S. The van der Waals surface area contributed by atoms with Gasteiger partial charge in [-0.1, -0.05) is 30.7 Å². The molecule has 3 N–H and O–H groups in total. The highest BCUT2D eigenvalue weighted by Crippen LogP contribution is 2.24. The second kappa shape index (κ2) is 6.85. The summed E-state index contributed by atoms with van der Waals surface area (Å²) in [4.78, 5) is 13.8. The maximum absolute atomic E-state index is 12.2. The van der Waals surface area contributed by atoms with E-state index in [9.17, 15) is 13.2 Å². The number of benzene rings is 1. The number of nitrogens with one attached hydrogen (secondary N) is 1. The van der Waals surface area contributed by atoms with Crippen LogP contribution in [-0.4, -0.2) is 38.2 Å². The summed E-state index contributed by atoms with van der Waals surface area (Å²) in [5.74, 6) is -0.103. The third-order valence-corrected chi connectivity index (χ3v) is 4.96. The van der Waals surface area contributed by atoms with Gasteiger partial charge in [0.2, 0.25) is 10.0 Å². The van der Waals surface area contributed by atoms with Crippen LogP contribution in [0.25, 0.3) is 0 Å². The number of rotatable bonds is 4. The zero-order chi connectivity index (χ0) is 16.3. The van der Waals surface area contributed by atoms with Gasteiger partial charge in [0.25, 0.3) is 0 Å². The van der Waals surface area contributed by atoms with Crippen molar-refractivity contribution in [2.75, 3.05) is 18.8 Å². The van der Waals surface area contributed by atoms with Crippen LogP contribution in [0.1, 0.15) is 12.5 Å². The lowest BCUT2D eigenvalue weighted by Crippen LogP contribution is -2.38. The first-order valence-electron chi connectivity index (χ1n) is 7.02. The molecule has 8 heteroatoms. The zero-order valence-electron chi connectivity index (χ0n) is 12.3. The van der Waals surface area contributed by atoms with Gasteiger partial charge in [0, 0.05) is 24.7 Å². The first-order valence-corrected chi connectivity index (χ1v) is 9.11. The lowest BCUT2D eigenvalue weighted by atomic mass is 10.0. The molecule has 1 aliphatic heterocycles. The maximum atomic E-state index is 12.2. The summed E-state index contributed by atoms with van der Waals surface area (Å²) in [6.45, 7) is 3.24. The highest BCUT2D eigenvalue weighted by Gasteiger charge is 2.34. The fourth-order valence-electron chi connectivity index (χ4n) is 2.65. The van der Waals surface area contributed by atoms with Crippen molar-refractivity contribution in [3.63, 3.8) is 0 Å². The molecular weight excluding hydrogens is 326 g/mol. The van der Waals surface area contributed by atoms with E-state index in [1.165, 1.54) is 0 Å². The summed E-state index contributed by atoms with van der Waals surface area (Å²) in [6, 6.07) is 7.06. The number of urea groups is 1. The van der Waals surface area contributed by atoms with Crippen LogP contribution in [0.2, 0.25) is 5.02 Å². The van der Waals surface area contributed by atoms with E-state index in [4.69, 9.17) is 16.7 Å². The van der Waals surface area contributed by atoms with Crippen molar-refractivity contribution in [1.29, 1.82) is 0 Å². The van der Waals surface area contributed by atoms with Crippen molar-refractivity contribution in [1.82, 2.24) is 10.2 Å². The number of amides is 2. The molecule has 0 aromatic heterocycles. The molecule has 1 heterocycles. The van der Waals surface area contributed by atoms with Crippen LogP contribution in [0, 0.1) is 11.8 Å². The molecule has 0 bridgehead atoms. The van der Waals surface area contributed by atoms with Crippen LogP contribution in [0.15, 0.2) is 24.3 Å². The molecule has 0 saturated carbocycles. The third-order valence-electron chi connectivity index (χ3n) is 3.83. The maximum Gasteiger partial charge on any atom is 0.317 e. The monoisotopic (exact) mass is 345 g/mol. The molecule has 1 fully saturated rings. The fourth-order valence-corrected chi connectivity index (χ4v) is 3.90. The molecule has 1 saturated heterocycles. The van der Waals surface area contributed by atoms with Gasteiger partial charge in [-0.25, -0.2) is 18.4 Å². The van der Waals surface area contributed by atoms with Gasteiger partial charge >= 0.3 is 6.03 Å². The largest absolute Gasteiger partial charge is 0.334 e. The standard InChI is InChI=1S/C14H20ClN3O3S/c1-10-7-18(8-12(10)9-22(16,20)21)14(19)17-6-11-3-2-4-13(15)5-11/h2-5,10,12H,6-9H2,1H3,(H,17,19)(H2,16,20,21)/t10-,12+/m1/s1. The minimum absolute atomic E-state index is 0.0910. The Morgan fingerprint density at radius 2 is 2.18 bits per heavy atom. The van der Waals surface area contributed by atoms with Gasteiger partial charge in [-0.3, -0.25) is 0 Å². The minimum Gasteiger partial charge on any atom is -0.334 e. The van der Waals surface area contributed by atoms with Crippen LogP contribution >= 0.6 is 11.6 Å². The Balaban J connectivity index is 1.88. The number of carbonyl (C=O) groups is 1. The quantitative estimate of drug-likeness (QED) is 0.864. The molecule has 6 nitrogen and oxygen atoms in total. The first kappa shape index (κ1) is 17.1. The van der Waals surface area contributed by atoms with Gasteiger partial charge in [0.1, 0.15) is 0 Å². The molecule has 22 heavy (non-hydrogen) atoms. The molecule has 0 radical (unpaired) electrons. The lowest BCUT2D eigenvalue weighted by molar-refractivity contribution is 0.206. The molecule has 1 aromatic rings. The molecule has 122 valence electrons. The van der Waals surface area contributed by atoms with Gasteiger partial charge in [-0.05, 0) is 29.5 Å². The van der Waals surface area contributed by atoms with E-state index in [1.54, 1.807) is 17.0 Å². The Labute approximate surface area is 135 Å². The van der Waals surface area contributed by atoms with Crippen LogP contribution in [0.4, 0.5) is 4.79 Å². The van der Waals surface area contributed by atoms with Crippen molar-refractivity contribution in [2.45, 2.75) is 13.5 Å². The van der Waals surface area contributed by atoms with Crippen molar-refractivity contribution in [2.24, 2.45) is 17.0 Å². The number of sulfonamides is 1. The molecule has 2 atom stereocenters. The van der Waals surface area contributed by atoms with Crippen LogP contribution < -0.4 is 10.5 Å². The number of nitrogens with zero attached hydrogens (tertiary/aromatic N) is 1. The van der Waals surface area contributed by atoms with E-state index >= 15 is 0 Å². The van der Waals surface area contributed by atoms with Crippen LogP contribution in [0.5, 0.6) is 0 Å². The van der Waals surface area contributed by atoms with Gasteiger partial charge in [-0.15, -0.1) is 0 Å². The molecule has 1 aliphatic rings. The number of hydrogen-bond acceptors (Lipinski definition) is 3. The smallest absolute Gasteiger partial charge is 0.317 e. The second-order valence-corrected chi connectivity index (χ2v) is 7.86. The highest BCUT2D eigenvalue weighted by atomic mass is 35.5. The number of primary sulfonamides is 1. The average molecular weight is 346 g/mol. The Bertz CT molecular complexity index is 650. The Hall–Kier alpha value is -1.31. The molecule has 2 amide bonds. The summed E-state index contributed by atoms with van der Waals surface area (Å²) in [7, 11) is -3.52. The molecule has 0 aliphatic carbocycles. The molecule has 2 rings (SSSR count). The van der Waals surface area contributed by atoms with E-state index in [2.05, 4.69) is 5.32 Å². The van der Waals surface area contributed by atoms with Crippen LogP contribution in [-0.2, 0) is 16.6 Å². The Kier molecular flexibility index (Phi) is 5.31. The zero-order valence-corrected chi connectivity index (χ0v) is 13.9. The summed E-state index contributed by atoms with van der Waals surface area (Å²) >= 11 is 5.90. The van der Waals surface area contributed by atoms with Crippen molar-refractivity contribution in [3.8, 4) is 0 Å². The molecule has 1 aromatic carbocycles. The highest BCUT2D eigenvalue weighted by molar-refractivity contribution is 7.89. The predicted molar refractivity (Wildman–Crippen MR) is 85.9 cm³/mol. The topological polar surface area (TPSA) is 92.5 Å². The van der Waals surface area contributed by atoms with Gasteiger partial charge < -0.3 is 10.2 Å². The minimum atomic E-state index is -3.52. The van der Waals surface area contributed by atoms with Crippen molar-refractivity contribution in [3.05, 3.63) is 34.9 Å². The SMILES string of the molecule is C[C@@H]1CN(C(=O)NCc2cccc(Cl)c2)C[C@H]1CS(N)(=O)=O. The Morgan fingerprint density at radius 1 is 1.45 bits per heavy atom. The van der Waals surface area contributed by atoms with E-state index < -0.39 is 10.0 Å². The normalized spacial score (nSPS) is 21.9. The fraction of sp³-hybridized carbons (Fsp3) is 0.500. The van der Waals surface area contributed by atoms with Gasteiger partial charge in [-0.2, -0.15) is 0 Å². The number of nitrogens with two attached hydrogens (primary N) is 1. The summed E-state index contributed by atoms with van der Waals surface area (Å²) in [5, 5.41) is 8.53. The van der Waals surface area contributed by atoms with E-state index in [0.717, 1.165) is 5.56 Å². The first-order chi connectivity index (χ1) is 10.2. The Morgan fingerprint density at radius 3 is 2.82 bits per heavy atom. The third kappa shape index (κ3) is 4.86. The number of hydrogen-bond donors (Lipinski definition) is 2. The van der Waals surface area contributed by atoms with E-state index in [0.29, 0.717) is 24.7 Å². The van der Waals surface area contributed by atoms with Crippen LogP contribution in [0.3, 0.4) is 0 Å². The summed E-state index contributed by atoms with van der Waals surface area (Å²) in [5.41, 5.74) is 0.911. The molecule has 0 unspecified atom stereocenters. The number of carbonyl (C=O) groups excluding carboxylic acids is 1. The van der Waals surface area contributed by atoms with E-state index in [-0.39, 0.29) is 23.6 Å². The van der Waals surface area contributed by atoms with Gasteiger partial charge in [0.15, 0.2) is 0 Å².